The van der Waals surface area contributed by atoms with Crippen LogP contribution in [0.4, 0.5) is 4.79 Å². The van der Waals surface area contributed by atoms with Crippen LogP contribution in [-0.4, -0.2) is 35.6 Å². The van der Waals surface area contributed by atoms with Crippen LogP contribution in [0.25, 0.3) is 0 Å². The summed E-state index contributed by atoms with van der Waals surface area (Å²) in [5.41, 5.74) is -0.525. The Hall–Kier alpha value is -1.98. The molecular formula is C17H26N2O4. The fourth-order valence-electron chi connectivity index (χ4n) is 2.56. The smallest absolute Gasteiger partial charge is 0.410 e. The molecule has 1 aliphatic rings. The summed E-state index contributed by atoms with van der Waals surface area (Å²) in [5.74, 6) is 1.29. The van der Waals surface area contributed by atoms with E-state index >= 15 is 0 Å². The van der Waals surface area contributed by atoms with Crippen molar-refractivity contribution >= 4 is 12.0 Å². The number of likely N-dealkylation sites (tertiary alicyclic amines) is 1. The highest BCUT2D eigenvalue weighted by molar-refractivity contribution is 5.81. The third kappa shape index (κ3) is 4.74. The molecule has 1 aliphatic heterocycles. The lowest BCUT2D eigenvalue weighted by Crippen LogP contribution is -2.38. The fraction of sp³-hybridized carbons (Fsp3) is 0.647. The number of nitrogens with one attached hydrogen (secondary N) is 1. The molecule has 1 N–H and O–H groups in total. The summed E-state index contributed by atoms with van der Waals surface area (Å²) in [6.45, 7) is 10.2. The molecule has 23 heavy (non-hydrogen) atoms. The molecule has 2 atom stereocenters. The summed E-state index contributed by atoms with van der Waals surface area (Å²) in [5, 5.41) is 2.95. The number of hydrogen-bond donors (Lipinski definition) is 1. The number of amides is 2. The van der Waals surface area contributed by atoms with Gasteiger partial charge in [-0.05, 0) is 53.2 Å². The highest BCUT2D eigenvalue weighted by atomic mass is 16.6. The minimum absolute atomic E-state index is 0.0578. The summed E-state index contributed by atoms with van der Waals surface area (Å²) in [4.78, 5) is 26.0. The summed E-state index contributed by atoms with van der Waals surface area (Å²) >= 11 is 0. The molecule has 6 nitrogen and oxygen atoms in total. The van der Waals surface area contributed by atoms with Gasteiger partial charge in [0.15, 0.2) is 0 Å². The van der Waals surface area contributed by atoms with Gasteiger partial charge in [-0.3, -0.25) is 4.79 Å². The topological polar surface area (TPSA) is 71.8 Å². The first-order valence-electron chi connectivity index (χ1n) is 8.00. The first kappa shape index (κ1) is 17.4. The predicted molar refractivity (Wildman–Crippen MR) is 85.9 cm³/mol. The van der Waals surface area contributed by atoms with Crippen molar-refractivity contribution in [1.82, 2.24) is 10.2 Å². The number of nitrogens with zero attached hydrogens (tertiary/aromatic N) is 1. The van der Waals surface area contributed by atoms with Gasteiger partial charge in [0.2, 0.25) is 5.91 Å². The summed E-state index contributed by atoms with van der Waals surface area (Å²) < 4.78 is 10.9. The third-order valence-corrected chi connectivity index (χ3v) is 3.76. The van der Waals surface area contributed by atoms with Crippen LogP contribution < -0.4 is 5.32 Å². The number of rotatable bonds is 3. The number of furan rings is 1. The molecule has 2 heterocycles. The molecule has 1 aromatic heterocycles. The monoisotopic (exact) mass is 322 g/mol. The Bertz CT molecular complexity index is 573. The van der Waals surface area contributed by atoms with E-state index in [1.165, 1.54) is 0 Å². The largest absolute Gasteiger partial charge is 0.464 e. The second-order valence-corrected chi connectivity index (χ2v) is 7.09. The van der Waals surface area contributed by atoms with E-state index in [-0.39, 0.29) is 24.0 Å². The van der Waals surface area contributed by atoms with Crippen molar-refractivity contribution in [3.8, 4) is 0 Å². The van der Waals surface area contributed by atoms with Crippen LogP contribution in [0.3, 0.4) is 0 Å². The van der Waals surface area contributed by atoms with Gasteiger partial charge in [0, 0.05) is 13.1 Å². The van der Waals surface area contributed by atoms with E-state index in [9.17, 15) is 9.59 Å². The molecule has 0 saturated carbocycles. The lowest BCUT2D eigenvalue weighted by Gasteiger charge is -2.24. The maximum absolute atomic E-state index is 12.4. The fourth-order valence-corrected chi connectivity index (χ4v) is 2.56. The second-order valence-electron chi connectivity index (χ2n) is 7.09. The van der Waals surface area contributed by atoms with Crippen molar-refractivity contribution < 1.29 is 18.7 Å². The number of hydrogen-bond acceptors (Lipinski definition) is 4. The quantitative estimate of drug-likeness (QED) is 0.928. The zero-order chi connectivity index (χ0) is 17.2. The Balaban J connectivity index is 1.86. The maximum atomic E-state index is 12.4. The van der Waals surface area contributed by atoms with Crippen molar-refractivity contribution in [2.75, 3.05) is 13.1 Å². The van der Waals surface area contributed by atoms with Gasteiger partial charge in [-0.15, -0.1) is 0 Å². The first-order chi connectivity index (χ1) is 10.7. The Labute approximate surface area is 137 Å². The second kappa shape index (κ2) is 6.64. The first-order valence-corrected chi connectivity index (χ1v) is 8.00. The number of carbonyl (C=O) groups is 2. The third-order valence-electron chi connectivity index (χ3n) is 3.76. The molecule has 0 aliphatic carbocycles. The lowest BCUT2D eigenvalue weighted by atomic mass is 10.1. The highest BCUT2D eigenvalue weighted by Crippen LogP contribution is 2.21. The Morgan fingerprint density at radius 3 is 2.65 bits per heavy atom. The normalized spacial score (nSPS) is 19.5. The van der Waals surface area contributed by atoms with Crippen molar-refractivity contribution in [1.29, 1.82) is 0 Å². The van der Waals surface area contributed by atoms with E-state index in [2.05, 4.69) is 5.32 Å². The van der Waals surface area contributed by atoms with E-state index in [4.69, 9.17) is 9.15 Å². The standard InChI is InChI=1S/C17H26N2O4/c1-11-6-7-14(22-11)12(2)18-15(20)13-8-9-19(10-13)16(21)23-17(3,4)5/h6-7,12-13H,8-10H2,1-5H3,(H,18,20). The van der Waals surface area contributed by atoms with Crippen LogP contribution in [0.15, 0.2) is 16.5 Å². The average Bonchev–Trinajstić information content (AvgIpc) is 3.05. The van der Waals surface area contributed by atoms with Crippen LogP contribution in [-0.2, 0) is 9.53 Å². The molecule has 1 aromatic rings. The Morgan fingerprint density at radius 2 is 2.09 bits per heavy atom. The van der Waals surface area contributed by atoms with Gasteiger partial charge in [-0.2, -0.15) is 0 Å². The van der Waals surface area contributed by atoms with Crippen LogP contribution in [0.2, 0.25) is 0 Å². The average molecular weight is 322 g/mol. The van der Waals surface area contributed by atoms with E-state index in [1.54, 1.807) is 4.90 Å². The molecule has 0 radical (unpaired) electrons. The Kier molecular flexibility index (Phi) is 5.02. The highest BCUT2D eigenvalue weighted by Gasteiger charge is 2.34. The van der Waals surface area contributed by atoms with Gasteiger partial charge >= 0.3 is 6.09 Å². The van der Waals surface area contributed by atoms with Crippen LogP contribution >= 0.6 is 0 Å². The summed E-state index contributed by atoms with van der Waals surface area (Å²) in [6.07, 6.45) is 0.289. The molecule has 0 bridgehead atoms. The Morgan fingerprint density at radius 1 is 1.39 bits per heavy atom. The molecule has 2 unspecified atom stereocenters. The van der Waals surface area contributed by atoms with Gasteiger partial charge in [-0.25, -0.2) is 4.79 Å². The predicted octanol–water partition coefficient (Wildman–Crippen LogP) is 3.02. The number of ether oxygens (including phenoxy) is 1. The molecule has 1 saturated heterocycles. The molecule has 0 aromatic carbocycles. The lowest BCUT2D eigenvalue weighted by molar-refractivity contribution is -0.125. The van der Waals surface area contributed by atoms with Crippen LogP contribution in [0.5, 0.6) is 0 Å². The number of carbonyl (C=O) groups excluding carboxylic acids is 2. The minimum atomic E-state index is -0.525. The van der Waals surface area contributed by atoms with Crippen molar-refractivity contribution in [3.05, 3.63) is 23.7 Å². The van der Waals surface area contributed by atoms with Gasteiger partial charge in [0.1, 0.15) is 17.1 Å². The zero-order valence-corrected chi connectivity index (χ0v) is 14.5. The van der Waals surface area contributed by atoms with E-state index in [0.717, 1.165) is 11.5 Å². The van der Waals surface area contributed by atoms with Gasteiger partial charge in [-0.1, -0.05) is 0 Å². The molecule has 0 spiro atoms. The molecule has 128 valence electrons. The SMILES string of the molecule is Cc1ccc(C(C)NC(=O)C2CCN(C(=O)OC(C)(C)C)C2)o1. The van der Waals surface area contributed by atoms with E-state index in [0.29, 0.717) is 19.5 Å². The molecule has 2 rings (SSSR count). The van der Waals surface area contributed by atoms with Crippen molar-refractivity contribution in [2.45, 2.75) is 52.7 Å². The van der Waals surface area contributed by atoms with Crippen LogP contribution in [0, 0.1) is 12.8 Å². The van der Waals surface area contributed by atoms with Gasteiger partial charge < -0.3 is 19.4 Å². The van der Waals surface area contributed by atoms with Gasteiger partial charge in [0.25, 0.3) is 0 Å². The van der Waals surface area contributed by atoms with Gasteiger partial charge in [0.05, 0.1) is 12.0 Å². The van der Waals surface area contributed by atoms with E-state index < -0.39 is 5.60 Å². The zero-order valence-electron chi connectivity index (χ0n) is 14.5. The molecular weight excluding hydrogens is 296 g/mol. The summed E-state index contributed by atoms with van der Waals surface area (Å²) in [6, 6.07) is 3.55. The molecule has 6 heteroatoms. The van der Waals surface area contributed by atoms with Crippen molar-refractivity contribution in [3.63, 3.8) is 0 Å². The minimum Gasteiger partial charge on any atom is -0.464 e. The van der Waals surface area contributed by atoms with Crippen molar-refractivity contribution in [2.24, 2.45) is 5.92 Å². The van der Waals surface area contributed by atoms with E-state index in [1.807, 2.05) is 46.8 Å². The molecule has 1 fully saturated rings. The summed E-state index contributed by atoms with van der Waals surface area (Å²) in [7, 11) is 0. The van der Waals surface area contributed by atoms with Crippen LogP contribution in [0.1, 0.15) is 51.7 Å². The molecule has 2 amide bonds. The number of aryl methyl sites for hydroxylation is 1. The maximum Gasteiger partial charge on any atom is 0.410 e.